The quantitative estimate of drug-likeness (QED) is 0.365. The van der Waals surface area contributed by atoms with E-state index >= 15 is 0 Å². The fourth-order valence-electron chi connectivity index (χ4n) is 2.01. The molecule has 0 aliphatic carbocycles. The number of Topliss-reactive ketones (excluding diaryl/α,β-unsaturated/α-hetero) is 1. The van der Waals surface area contributed by atoms with Gasteiger partial charge in [-0.25, -0.2) is 9.59 Å². The molecular weight excluding hydrogens is 388 g/mol. The number of hydrogen-bond acceptors (Lipinski definition) is 7. The molecule has 0 heterocycles. The first-order chi connectivity index (χ1) is 12.8. The standard InChI is InChI=1S/C20H27ClO7/c1-19(2,3)27-17(23)11-25-15-8-7-13(14(22)10-21)9-16(15)26-12-18(24)28-20(4,5)6/h7-9H,10-12H2,1-6H3. The lowest BCUT2D eigenvalue weighted by molar-refractivity contribution is -0.158. The summed E-state index contributed by atoms with van der Waals surface area (Å²) in [5, 5.41) is 0. The lowest BCUT2D eigenvalue weighted by Crippen LogP contribution is -2.28. The minimum absolute atomic E-state index is 0.116. The molecule has 0 aliphatic heterocycles. The summed E-state index contributed by atoms with van der Waals surface area (Å²) in [5.74, 6) is -1.37. The monoisotopic (exact) mass is 414 g/mol. The molecule has 0 aromatic heterocycles. The number of halogens is 1. The van der Waals surface area contributed by atoms with Gasteiger partial charge in [0.05, 0.1) is 5.88 Å². The van der Waals surface area contributed by atoms with E-state index in [0.717, 1.165) is 0 Å². The number of alkyl halides is 1. The van der Waals surface area contributed by atoms with Crippen molar-refractivity contribution in [2.75, 3.05) is 19.1 Å². The first kappa shape index (κ1) is 23.8. The second kappa shape index (κ2) is 9.78. The molecule has 0 atom stereocenters. The Hall–Kier alpha value is -2.28. The molecule has 28 heavy (non-hydrogen) atoms. The van der Waals surface area contributed by atoms with Gasteiger partial charge in [-0.1, -0.05) is 0 Å². The van der Waals surface area contributed by atoms with Gasteiger partial charge in [-0.05, 0) is 59.7 Å². The maximum absolute atomic E-state index is 11.9. The third-order valence-electron chi connectivity index (χ3n) is 2.92. The minimum atomic E-state index is -0.660. The van der Waals surface area contributed by atoms with Crippen molar-refractivity contribution >= 4 is 29.3 Å². The van der Waals surface area contributed by atoms with Crippen LogP contribution in [0.1, 0.15) is 51.9 Å². The van der Waals surface area contributed by atoms with Crippen LogP contribution < -0.4 is 9.47 Å². The Labute approximate surface area is 170 Å². The van der Waals surface area contributed by atoms with Crippen LogP contribution in [0.25, 0.3) is 0 Å². The van der Waals surface area contributed by atoms with Crippen molar-refractivity contribution < 1.29 is 33.3 Å². The van der Waals surface area contributed by atoms with E-state index in [4.69, 9.17) is 30.5 Å². The van der Waals surface area contributed by atoms with Crippen LogP contribution in [0.4, 0.5) is 0 Å². The average molecular weight is 415 g/mol. The molecular formula is C20H27ClO7. The summed E-state index contributed by atoms with van der Waals surface area (Å²) in [6, 6.07) is 4.36. The molecule has 0 aliphatic rings. The number of ether oxygens (including phenoxy) is 4. The lowest BCUT2D eigenvalue weighted by Gasteiger charge is -2.21. The number of benzene rings is 1. The van der Waals surface area contributed by atoms with Crippen LogP contribution in [-0.2, 0) is 19.1 Å². The smallest absolute Gasteiger partial charge is 0.344 e. The van der Waals surface area contributed by atoms with Crippen LogP contribution in [0.5, 0.6) is 11.5 Å². The van der Waals surface area contributed by atoms with Crippen molar-refractivity contribution in [3.8, 4) is 11.5 Å². The van der Waals surface area contributed by atoms with Crippen LogP contribution in [0.3, 0.4) is 0 Å². The molecule has 0 saturated carbocycles. The number of esters is 2. The van der Waals surface area contributed by atoms with Crippen LogP contribution in [0.15, 0.2) is 18.2 Å². The van der Waals surface area contributed by atoms with E-state index in [9.17, 15) is 14.4 Å². The highest BCUT2D eigenvalue weighted by Crippen LogP contribution is 2.29. The topological polar surface area (TPSA) is 88.1 Å². The predicted octanol–water partition coefficient (Wildman–Crippen LogP) is 3.55. The number of carbonyl (C=O) groups is 3. The molecule has 8 heteroatoms. The van der Waals surface area contributed by atoms with E-state index in [0.29, 0.717) is 5.56 Å². The van der Waals surface area contributed by atoms with Crippen molar-refractivity contribution in [3.63, 3.8) is 0 Å². The Morgan fingerprint density at radius 1 is 0.821 bits per heavy atom. The van der Waals surface area contributed by atoms with Crippen LogP contribution in [0.2, 0.25) is 0 Å². The molecule has 0 radical (unpaired) electrons. The van der Waals surface area contributed by atoms with Crippen molar-refractivity contribution in [1.82, 2.24) is 0 Å². The molecule has 0 fully saturated rings. The zero-order chi connectivity index (χ0) is 21.5. The zero-order valence-corrected chi connectivity index (χ0v) is 17.8. The van der Waals surface area contributed by atoms with E-state index in [1.807, 2.05) is 0 Å². The van der Waals surface area contributed by atoms with Crippen molar-refractivity contribution in [2.24, 2.45) is 0 Å². The molecule has 1 aromatic rings. The van der Waals surface area contributed by atoms with Gasteiger partial charge in [0.2, 0.25) is 0 Å². The van der Waals surface area contributed by atoms with Crippen molar-refractivity contribution in [2.45, 2.75) is 52.7 Å². The maximum Gasteiger partial charge on any atom is 0.344 e. The summed E-state index contributed by atoms with van der Waals surface area (Å²) in [4.78, 5) is 35.6. The molecule has 0 N–H and O–H groups in total. The van der Waals surface area contributed by atoms with Gasteiger partial charge < -0.3 is 18.9 Å². The molecule has 1 rings (SSSR count). The summed E-state index contributed by atoms with van der Waals surface area (Å²) in [5.41, 5.74) is -1.01. The first-order valence-corrected chi connectivity index (χ1v) is 9.26. The summed E-state index contributed by atoms with van der Waals surface area (Å²) in [6.45, 7) is 9.69. The third-order valence-corrected chi connectivity index (χ3v) is 3.16. The van der Waals surface area contributed by atoms with Gasteiger partial charge in [-0.3, -0.25) is 4.79 Å². The Balaban J connectivity index is 2.91. The highest BCUT2D eigenvalue weighted by atomic mass is 35.5. The molecule has 0 saturated heterocycles. The molecule has 0 amide bonds. The SMILES string of the molecule is CC(C)(C)OC(=O)COc1ccc(C(=O)CCl)cc1OCC(=O)OC(C)(C)C. The summed E-state index contributed by atoms with van der Waals surface area (Å²) < 4.78 is 21.3. The zero-order valence-electron chi connectivity index (χ0n) is 17.1. The largest absolute Gasteiger partial charge is 0.478 e. The van der Waals surface area contributed by atoms with E-state index < -0.39 is 29.7 Å². The predicted molar refractivity (Wildman–Crippen MR) is 104 cm³/mol. The first-order valence-electron chi connectivity index (χ1n) is 8.73. The molecule has 0 bridgehead atoms. The Morgan fingerprint density at radius 2 is 1.29 bits per heavy atom. The van der Waals surface area contributed by atoms with Gasteiger partial charge >= 0.3 is 11.9 Å². The van der Waals surface area contributed by atoms with Gasteiger partial charge in [0, 0.05) is 5.56 Å². The van der Waals surface area contributed by atoms with Crippen LogP contribution in [-0.4, -0.2) is 48.0 Å². The third kappa shape index (κ3) is 9.08. The number of rotatable bonds is 8. The van der Waals surface area contributed by atoms with E-state index in [1.165, 1.54) is 18.2 Å². The normalized spacial score (nSPS) is 11.5. The minimum Gasteiger partial charge on any atom is -0.478 e. The average Bonchev–Trinajstić information content (AvgIpc) is 2.54. The fourth-order valence-corrected chi connectivity index (χ4v) is 2.16. The Kier molecular flexibility index (Phi) is 8.29. The molecule has 156 valence electrons. The molecule has 0 spiro atoms. The van der Waals surface area contributed by atoms with Gasteiger partial charge in [-0.2, -0.15) is 0 Å². The molecule has 0 unspecified atom stereocenters. The number of carbonyl (C=O) groups excluding carboxylic acids is 3. The summed E-state index contributed by atoms with van der Waals surface area (Å²) >= 11 is 5.59. The number of hydrogen-bond donors (Lipinski definition) is 0. The van der Waals surface area contributed by atoms with Crippen molar-refractivity contribution in [1.29, 1.82) is 0 Å². The molecule has 1 aromatic carbocycles. The Morgan fingerprint density at radius 3 is 1.71 bits per heavy atom. The van der Waals surface area contributed by atoms with E-state index in [2.05, 4.69) is 0 Å². The van der Waals surface area contributed by atoms with Crippen LogP contribution >= 0.6 is 11.6 Å². The van der Waals surface area contributed by atoms with Crippen LogP contribution in [0, 0.1) is 0 Å². The maximum atomic E-state index is 11.9. The highest BCUT2D eigenvalue weighted by molar-refractivity contribution is 6.30. The van der Waals surface area contributed by atoms with Gasteiger partial charge in [0.15, 0.2) is 30.5 Å². The van der Waals surface area contributed by atoms with E-state index in [-0.39, 0.29) is 29.8 Å². The van der Waals surface area contributed by atoms with Gasteiger partial charge in [0.1, 0.15) is 11.2 Å². The van der Waals surface area contributed by atoms with E-state index in [1.54, 1.807) is 41.5 Å². The van der Waals surface area contributed by atoms with Gasteiger partial charge in [0.25, 0.3) is 0 Å². The summed E-state index contributed by atoms with van der Waals surface area (Å²) in [6.07, 6.45) is 0. The number of ketones is 1. The highest BCUT2D eigenvalue weighted by Gasteiger charge is 2.20. The van der Waals surface area contributed by atoms with Gasteiger partial charge in [-0.15, -0.1) is 11.6 Å². The fraction of sp³-hybridized carbons (Fsp3) is 0.550. The summed E-state index contributed by atoms with van der Waals surface area (Å²) in [7, 11) is 0. The second-order valence-electron chi connectivity index (χ2n) is 7.97. The second-order valence-corrected chi connectivity index (χ2v) is 8.24. The van der Waals surface area contributed by atoms with Crippen molar-refractivity contribution in [3.05, 3.63) is 23.8 Å². The molecule has 7 nitrogen and oxygen atoms in total. The lowest BCUT2D eigenvalue weighted by atomic mass is 10.1. The Bertz CT molecular complexity index is 714.